The molecule has 3 saturated heterocycles. The average Bonchev–Trinajstić information content (AvgIpc) is 3.37. The summed E-state index contributed by atoms with van der Waals surface area (Å²) in [6.45, 7) is 8.53. The van der Waals surface area contributed by atoms with Crippen molar-refractivity contribution in [3.05, 3.63) is 53.9 Å². The van der Waals surface area contributed by atoms with Crippen molar-refractivity contribution in [2.45, 2.75) is 39.5 Å². The fourth-order valence-electron chi connectivity index (χ4n) is 6.28. The van der Waals surface area contributed by atoms with Gasteiger partial charge in [0.05, 0.1) is 5.41 Å². The van der Waals surface area contributed by atoms with Gasteiger partial charge in [-0.15, -0.1) is 0 Å². The van der Waals surface area contributed by atoms with Gasteiger partial charge in [-0.05, 0) is 56.4 Å². The number of hydrogen-bond donors (Lipinski definition) is 0. The third-order valence-electron chi connectivity index (χ3n) is 8.31. The van der Waals surface area contributed by atoms with Gasteiger partial charge in [0.15, 0.2) is 0 Å². The number of fused-ring (bicyclic) bond motifs is 1. The molecular weight excluding hydrogens is 414 g/mol. The third-order valence-corrected chi connectivity index (χ3v) is 8.31. The molecule has 1 aromatic carbocycles. The van der Waals surface area contributed by atoms with Gasteiger partial charge in [0.1, 0.15) is 0 Å². The van der Waals surface area contributed by atoms with Crippen LogP contribution in [0.2, 0.25) is 0 Å². The van der Waals surface area contributed by atoms with Crippen molar-refractivity contribution in [2.24, 2.45) is 10.8 Å². The van der Waals surface area contributed by atoms with Gasteiger partial charge in [-0.2, -0.15) is 0 Å². The Balaban J connectivity index is 1.39. The summed E-state index contributed by atoms with van der Waals surface area (Å²) in [5.74, 6) is 1.07. The molecule has 7 nitrogen and oxygen atoms in total. The topological polar surface area (TPSA) is 69.6 Å². The molecule has 1 aromatic heterocycles. The minimum Gasteiger partial charge on any atom is -0.342 e. The molecule has 7 heteroatoms. The van der Waals surface area contributed by atoms with E-state index in [-0.39, 0.29) is 17.2 Å². The van der Waals surface area contributed by atoms with Gasteiger partial charge in [-0.25, -0.2) is 9.97 Å². The molecule has 3 aliphatic rings. The molecule has 0 bridgehead atoms. The molecule has 1 unspecified atom stereocenters. The zero-order chi connectivity index (χ0) is 23.1. The lowest BCUT2D eigenvalue weighted by atomic mass is 9.60. The van der Waals surface area contributed by atoms with E-state index in [2.05, 4.69) is 28.7 Å². The molecule has 0 saturated carbocycles. The lowest BCUT2D eigenvalue weighted by Crippen LogP contribution is -2.53. The minimum absolute atomic E-state index is 0.0933. The fraction of sp³-hybridized carbons (Fsp3) is 0.538. The number of benzene rings is 1. The van der Waals surface area contributed by atoms with E-state index in [1.165, 1.54) is 5.56 Å². The van der Waals surface area contributed by atoms with Crippen LogP contribution in [0, 0.1) is 10.8 Å². The molecule has 1 atom stereocenters. The van der Waals surface area contributed by atoms with Crippen molar-refractivity contribution in [1.29, 1.82) is 0 Å². The monoisotopic (exact) mass is 447 g/mol. The summed E-state index contributed by atoms with van der Waals surface area (Å²) in [7, 11) is 0. The van der Waals surface area contributed by atoms with E-state index < -0.39 is 5.41 Å². The first-order valence-electron chi connectivity index (χ1n) is 12.2. The van der Waals surface area contributed by atoms with Gasteiger partial charge in [-0.3, -0.25) is 9.59 Å². The standard InChI is InChI=1S/C26H33N5O2/c1-3-20-6-8-21(9-7-20)22(32)30-15-10-25(11-16-30)18-31(24-27-13-5-14-28-24)19-26(25)12-17-29(4-2)23(26)33/h5-9,13-14H,3-4,10-12,15-19H2,1-2H3. The van der Waals surface area contributed by atoms with Gasteiger partial charge < -0.3 is 14.7 Å². The first-order valence-corrected chi connectivity index (χ1v) is 12.2. The Bertz CT molecular complexity index is 1020. The first-order chi connectivity index (χ1) is 16.0. The number of nitrogens with zero attached hydrogens (tertiary/aromatic N) is 5. The van der Waals surface area contributed by atoms with Crippen LogP contribution in [0.3, 0.4) is 0 Å². The van der Waals surface area contributed by atoms with E-state index in [4.69, 9.17) is 0 Å². The maximum atomic E-state index is 13.7. The second kappa shape index (κ2) is 8.43. The van der Waals surface area contributed by atoms with Crippen LogP contribution < -0.4 is 4.90 Å². The number of amides is 2. The minimum atomic E-state index is -0.417. The normalized spacial score (nSPS) is 24.3. The van der Waals surface area contributed by atoms with E-state index in [1.807, 2.05) is 40.1 Å². The molecule has 4 heterocycles. The highest BCUT2D eigenvalue weighted by molar-refractivity contribution is 5.94. The SMILES string of the molecule is CCc1ccc(C(=O)N2CCC3(CC2)CN(c2ncccn2)CC32CCN(CC)C2=O)cc1. The summed E-state index contributed by atoms with van der Waals surface area (Å²) in [6.07, 6.45) is 7.03. The summed E-state index contributed by atoms with van der Waals surface area (Å²) in [6, 6.07) is 9.78. The second-order valence-electron chi connectivity index (χ2n) is 9.74. The predicted octanol–water partition coefficient (Wildman–Crippen LogP) is 3.02. The molecule has 2 aromatic rings. The Kier molecular flexibility index (Phi) is 5.59. The van der Waals surface area contributed by atoms with Crippen LogP contribution in [0.5, 0.6) is 0 Å². The number of rotatable bonds is 4. The van der Waals surface area contributed by atoms with Crippen molar-refractivity contribution >= 4 is 17.8 Å². The smallest absolute Gasteiger partial charge is 0.253 e. The number of aromatic nitrogens is 2. The highest BCUT2D eigenvalue weighted by atomic mass is 16.2. The molecule has 3 aliphatic heterocycles. The van der Waals surface area contributed by atoms with Crippen molar-refractivity contribution in [3.8, 4) is 0 Å². The number of hydrogen-bond acceptors (Lipinski definition) is 5. The lowest BCUT2D eigenvalue weighted by Gasteiger charge is -2.46. The van der Waals surface area contributed by atoms with Gasteiger partial charge in [-0.1, -0.05) is 19.1 Å². The summed E-state index contributed by atoms with van der Waals surface area (Å²) in [4.78, 5) is 42.0. The summed E-state index contributed by atoms with van der Waals surface area (Å²) < 4.78 is 0. The quantitative estimate of drug-likeness (QED) is 0.721. The Morgan fingerprint density at radius 1 is 0.970 bits per heavy atom. The van der Waals surface area contributed by atoms with Crippen LogP contribution in [0.25, 0.3) is 0 Å². The van der Waals surface area contributed by atoms with Gasteiger partial charge in [0, 0.05) is 62.6 Å². The number of anilines is 1. The third kappa shape index (κ3) is 3.49. The van der Waals surface area contributed by atoms with Crippen molar-refractivity contribution < 1.29 is 9.59 Å². The maximum Gasteiger partial charge on any atom is 0.253 e. The highest BCUT2D eigenvalue weighted by Crippen LogP contribution is 2.58. The summed E-state index contributed by atoms with van der Waals surface area (Å²) >= 11 is 0. The second-order valence-corrected chi connectivity index (χ2v) is 9.74. The van der Waals surface area contributed by atoms with E-state index in [0.29, 0.717) is 25.6 Å². The molecular formula is C26H33N5O2. The number of carbonyl (C=O) groups is 2. The average molecular weight is 448 g/mol. The molecule has 33 heavy (non-hydrogen) atoms. The molecule has 0 radical (unpaired) electrons. The van der Waals surface area contributed by atoms with Gasteiger partial charge in [0.25, 0.3) is 5.91 Å². The predicted molar refractivity (Wildman–Crippen MR) is 127 cm³/mol. The summed E-state index contributed by atoms with van der Waals surface area (Å²) in [5.41, 5.74) is 1.41. The Morgan fingerprint density at radius 3 is 2.27 bits per heavy atom. The van der Waals surface area contributed by atoms with E-state index in [0.717, 1.165) is 50.9 Å². The fourth-order valence-corrected chi connectivity index (χ4v) is 6.28. The van der Waals surface area contributed by atoms with Gasteiger partial charge in [0.2, 0.25) is 11.9 Å². The molecule has 2 spiro atoms. The zero-order valence-corrected chi connectivity index (χ0v) is 19.7. The zero-order valence-electron chi connectivity index (χ0n) is 19.7. The van der Waals surface area contributed by atoms with E-state index in [1.54, 1.807) is 12.4 Å². The van der Waals surface area contributed by atoms with Crippen LogP contribution in [0.15, 0.2) is 42.7 Å². The van der Waals surface area contributed by atoms with Crippen LogP contribution in [-0.4, -0.2) is 70.9 Å². The highest BCUT2D eigenvalue weighted by Gasteiger charge is 2.65. The Hall–Kier alpha value is -2.96. The Labute approximate surface area is 195 Å². The van der Waals surface area contributed by atoms with Crippen molar-refractivity contribution in [1.82, 2.24) is 19.8 Å². The molecule has 3 fully saturated rings. The number of aryl methyl sites for hydroxylation is 1. The lowest BCUT2D eigenvalue weighted by molar-refractivity contribution is -0.141. The Morgan fingerprint density at radius 2 is 1.67 bits per heavy atom. The number of piperidine rings is 1. The molecule has 5 rings (SSSR count). The molecule has 0 aliphatic carbocycles. The maximum absolute atomic E-state index is 13.7. The van der Waals surface area contributed by atoms with Crippen molar-refractivity contribution in [3.63, 3.8) is 0 Å². The van der Waals surface area contributed by atoms with E-state index in [9.17, 15) is 9.59 Å². The van der Waals surface area contributed by atoms with Crippen LogP contribution in [-0.2, 0) is 11.2 Å². The van der Waals surface area contributed by atoms with Crippen LogP contribution in [0.1, 0.15) is 49.0 Å². The molecule has 2 amide bonds. The summed E-state index contributed by atoms with van der Waals surface area (Å²) in [5, 5.41) is 0. The van der Waals surface area contributed by atoms with Crippen LogP contribution in [0.4, 0.5) is 5.95 Å². The number of carbonyl (C=O) groups excluding carboxylic acids is 2. The molecule has 0 N–H and O–H groups in total. The number of likely N-dealkylation sites (tertiary alicyclic amines) is 2. The van der Waals surface area contributed by atoms with Gasteiger partial charge >= 0.3 is 0 Å². The molecule has 174 valence electrons. The largest absolute Gasteiger partial charge is 0.342 e. The first kappa shape index (κ1) is 21.9. The van der Waals surface area contributed by atoms with E-state index >= 15 is 0 Å². The van der Waals surface area contributed by atoms with Crippen molar-refractivity contribution in [2.75, 3.05) is 44.2 Å². The van der Waals surface area contributed by atoms with Crippen LogP contribution >= 0.6 is 0 Å².